The van der Waals surface area contributed by atoms with E-state index < -0.39 is 0 Å². The van der Waals surface area contributed by atoms with Crippen LogP contribution in [0.25, 0.3) is 0 Å². The normalized spacial score (nSPS) is 25.2. The van der Waals surface area contributed by atoms with Gasteiger partial charge in [-0.25, -0.2) is 0 Å². The maximum Gasteiger partial charge on any atom is 0.225 e. The summed E-state index contributed by atoms with van der Waals surface area (Å²) in [5, 5.41) is 2.89. The molecule has 3 nitrogen and oxygen atoms in total. The van der Waals surface area contributed by atoms with Gasteiger partial charge in [0.1, 0.15) is 0 Å². The van der Waals surface area contributed by atoms with Gasteiger partial charge in [0.15, 0.2) is 0 Å². The highest BCUT2D eigenvalue weighted by atomic mass is 79.9. The van der Waals surface area contributed by atoms with Gasteiger partial charge in [-0.15, -0.1) is 0 Å². The number of amides is 1. The molecule has 0 aromatic rings. The van der Waals surface area contributed by atoms with Crippen molar-refractivity contribution in [1.82, 2.24) is 5.32 Å². The van der Waals surface area contributed by atoms with Crippen LogP contribution < -0.4 is 5.32 Å². The minimum Gasteiger partial charge on any atom is -0.381 e. The average Bonchev–Trinajstić information content (AvgIpc) is 2.15. The lowest BCUT2D eigenvalue weighted by Gasteiger charge is -2.21. The van der Waals surface area contributed by atoms with E-state index in [4.69, 9.17) is 4.74 Å². The van der Waals surface area contributed by atoms with E-state index in [1.54, 1.807) is 0 Å². The second-order valence-electron chi connectivity index (χ2n) is 3.44. The molecule has 0 saturated carbocycles. The molecule has 13 heavy (non-hydrogen) atoms. The Morgan fingerprint density at radius 3 is 3.08 bits per heavy atom. The van der Waals surface area contributed by atoms with Gasteiger partial charge in [0.05, 0.1) is 12.5 Å². The van der Waals surface area contributed by atoms with E-state index in [1.807, 2.05) is 6.92 Å². The van der Waals surface area contributed by atoms with Crippen LogP contribution in [-0.2, 0) is 9.53 Å². The van der Waals surface area contributed by atoms with Crippen LogP contribution in [0.5, 0.6) is 0 Å². The van der Waals surface area contributed by atoms with Crippen LogP contribution in [0.3, 0.4) is 0 Å². The molecule has 0 aromatic carbocycles. The van der Waals surface area contributed by atoms with Crippen molar-refractivity contribution in [1.29, 1.82) is 0 Å². The molecule has 0 bridgehead atoms. The van der Waals surface area contributed by atoms with E-state index in [1.165, 1.54) is 0 Å². The van der Waals surface area contributed by atoms with E-state index >= 15 is 0 Å². The van der Waals surface area contributed by atoms with E-state index in [9.17, 15) is 4.79 Å². The number of halogens is 1. The summed E-state index contributed by atoms with van der Waals surface area (Å²) >= 11 is 3.38. The van der Waals surface area contributed by atoms with Crippen molar-refractivity contribution in [2.24, 2.45) is 5.92 Å². The predicted octanol–water partition coefficient (Wildman–Crippen LogP) is 1.31. The van der Waals surface area contributed by atoms with Crippen LogP contribution in [0.4, 0.5) is 0 Å². The molecule has 1 aliphatic heterocycles. The van der Waals surface area contributed by atoms with Crippen LogP contribution in [0.15, 0.2) is 0 Å². The van der Waals surface area contributed by atoms with Crippen molar-refractivity contribution in [3.05, 3.63) is 0 Å². The second-order valence-corrected chi connectivity index (χ2v) is 5.00. The molecular weight excluding hydrogens is 234 g/mol. The molecule has 0 spiro atoms. The van der Waals surface area contributed by atoms with Crippen molar-refractivity contribution < 1.29 is 9.53 Å². The Labute approximate surface area is 87.3 Å². The Morgan fingerprint density at radius 1 is 1.77 bits per heavy atom. The molecule has 0 radical (unpaired) electrons. The maximum atomic E-state index is 11.5. The van der Waals surface area contributed by atoms with Gasteiger partial charge < -0.3 is 10.1 Å². The van der Waals surface area contributed by atoms with E-state index in [2.05, 4.69) is 21.2 Å². The fourth-order valence-corrected chi connectivity index (χ4v) is 1.49. The standard InChI is InChI=1S/C9H16BrNO2/c1-7(10)5-11-9(12)8-3-2-4-13-6-8/h7-8H,2-6H2,1H3,(H,11,12). The summed E-state index contributed by atoms with van der Waals surface area (Å²) in [6, 6.07) is 0. The molecule has 1 N–H and O–H groups in total. The third kappa shape index (κ3) is 4.09. The molecule has 0 aliphatic carbocycles. The zero-order chi connectivity index (χ0) is 9.68. The van der Waals surface area contributed by atoms with Gasteiger partial charge >= 0.3 is 0 Å². The van der Waals surface area contributed by atoms with Gasteiger partial charge in [-0.2, -0.15) is 0 Å². The first-order valence-electron chi connectivity index (χ1n) is 4.69. The van der Waals surface area contributed by atoms with Crippen molar-refractivity contribution >= 4 is 21.8 Å². The Kier molecular flexibility index (Phi) is 4.73. The summed E-state index contributed by atoms with van der Waals surface area (Å²) in [4.78, 5) is 11.8. The number of rotatable bonds is 3. The monoisotopic (exact) mass is 249 g/mol. The Bertz CT molecular complexity index is 167. The highest BCUT2D eigenvalue weighted by molar-refractivity contribution is 9.09. The fourth-order valence-electron chi connectivity index (χ4n) is 1.33. The van der Waals surface area contributed by atoms with Crippen molar-refractivity contribution in [3.63, 3.8) is 0 Å². The lowest BCUT2D eigenvalue weighted by molar-refractivity contribution is -0.128. The summed E-state index contributed by atoms with van der Waals surface area (Å²) in [5.41, 5.74) is 0. The molecular formula is C9H16BrNO2. The third-order valence-corrected chi connectivity index (χ3v) is 2.41. The summed E-state index contributed by atoms with van der Waals surface area (Å²) in [6.45, 7) is 4.09. The maximum absolute atomic E-state index is 11.5. The molecule has 1 fully saturated rings. The van der Waals surface area contributed by atoms with Crippen LogP contribution in [0.2, 0.25) is 0 Å². The van der Waals surface area contributed by atoms with Gasteiger partial charge in [-0.3, -0.25) is 4.79 Å². The molecule has 1 amide bonds. The number of alkyl halides is 1. The minimum absolute atomic E-state index is 0.0694. The minimum atomic E-state index is 0.0694. The van der Waals surface area contributed by atoms with Gasteiger partial charge in [0.2, 0.25) is 5.91 Å². The number of hydrogen-bond donors (Lipinski definition) is 1. The molecule has 1 heterocycles. The summed E-state index contributed by atoms with van der Waals surface area (Å²) < 4.78 is 5.24. The summed E-state index contributed by atoms with van der Waals surface area (Å²) in [7, 11) is 0. The molecule has 2 atom stereocenters. The zero-order valence-corrected chi connectivity index (χ0v) is 9.47. The molecule has 76 valence electrons. The van der Waals surface area contributed by atoms with Gasteiger partial charge in [0, 0.05) is 18.0 Å². The van der Waals surface area contributed by atoms with Crippen molar-refractivity contribution in [2.45, 2.75) is 24.6 Å². The van der Waals surface area contributed by atoms with Gasteiger partial charge in [0.25, 0.3) is 0 Å². The number of carbonyl (C=O) groups excluding carboxylic acids is 1. The first kappa shape index (κ1) is 11.0. The highest BCUT2D eigenvalue weighted by Gasteiger charge is 2.21. The lowest BCUT2D eigenvalue weighted by Crippen LogP contribution is -2.37. The second kappa shape index (κ2) is 5.60. The molecule has 4 heteroatoms. The largest absolute Gasteiger partial charge is 0.381 e. The number of hydrogen-bond acceptors (Lipinski definition) is 2. The topological polar surface area (TPSA) is 38.3 Å². The first-order chi connectivity index (χ1) is 6.20. The predicted molar refractivity (Wildman–Crippen MR) is 54.9 cm³/mol. The summed E-state index contributed by atoms with van der Waals surface area (Å²) in [6.07, 6.45) is 1.96. The number of carbonyl (C=O) groups is 1. The van der Waals surface area contributed by atoms with Crippen molar-refractivity contribution in [3.8, 4) is 0 Å². The van der Waals surface area contributed by atoms with E-state index in [-0.39, 0.29) is 11.8 Å². The fraction of sp³-hybridized carbons (Fsp3) is 0.889. The zero-order valence-electron chi connectivity index (χ0n) is 7.88. The summed E-state index contributed by atoms with van der Waals surface area (Å²) in [5.74, 6) is 0.200. The highest BCUT2D eigenvalue weighted by Crippen LogP contribution is 2.13. The molecule has 2 unspecified atom stereocenters. The number of nitrogens with one attached hydrogen (secondary N) is 1. The average molecular weight is 250 g/mol. The van der Waals surface area contributed by atoms with Crippen LogP contribution >= 0.6 is 15.9 Å². The number of ether oxygens (including phenoxy) is 1. The molecule has 1 saturated heterocycles. The Morgan fingerprint density at radius 2 is 2.54 bits per heavy atom. The first-order valence-corrected chi connectivity index (χ1v) is 5.61. The van der Waals surface area contributed by atoms with Crippen LogP contribution in [-0.4, -0.2) is 30.5 Å². The third-order valence-electron chi connectivity index (χ3n) is 2.09. The molecule has 0 aromatic heterocycles. The smallest absolute Gasteiger partial charge is 0.225 e. The van der Waals surface area contributed by atoms with E-state index in [0.717, 1.165) is 19.4 Å². The van der Waals surface area contributed by atoms with Crippen LogP contribution in [0, 0.1) is 5.92 Å². The SMILES string of the molecule is CC(Br)CNC(=O)C1CCCOC1. The van der Waals surface area contributed by atoms with Crippen molar-refractivity contribution in [2.75, 3.05) is 19.8 Å². The van der Waals surface area contributed by atoms with Gasteiger partial charge in [-0.1, -0.05) is 22.9 Å². The Balaban J connectivity index is 2.21. The van der Waals surface area contributed by atoms with Crippen LogP contribution in [0.1, 0.15) is 19.8 Å². The van der Waals surface area contributed by atoms with Gasteiger partial charge in [-0.05, 0) is 12.8 Å². The lowest BCUT2D eigenvalue weighted by atomic mass is 10.0. The molecule has 1 aliphatic rings. The molecule has 1 rings (SSSR count). The Hall–Kier alpha value is -0.0900. The quantitative estimate of drug-likeness (QED) is 0.767. The van der Waals surface area contributed by atoms with E-state index in [0.29, 0.717) is 18.0 Å².